The molecule has 2 aromatic rings. The van der Waals surface area contributed by atoms with Crippen molar-refractivity contribution < 1.29 is 9.90 Å². The monoisotopic (exact) mass is 324 g/mol. The predicted octanol–water partition coefficient (Wildman–Crippen LogP) is 4.69. The maximum absolute atomic E-state index is 11.9. The molecule has 0 unspecified atom stereocenters. The van der Waals surface area contributed by atoms with E-state index in [1.807, 2.05) is 0 Å². The molecule has 21 heavy (non-hydrogen) atoms. The molecule has 0 heterocycles. The molecule has 3 N–H and O–H groups in total. The minimum Gasteiger partial charge on any atom is -0.389 e. The van der Waals surface area contributed by atoms with Gasteiger partial charge in [0.25, 0.3) is 0 Å². The van der Waals surface area contributed by atoms with Crippen LogP contribution < -0.4 is 10.6 Å². The fourth-order valence-corrected chi connectivity index (χ4v) is 2.04. The Balaban J connectivity index is 2.04. The maximum Gasteiger partial charge on any atom is 0.323 e. The molecular formula is C15H14Cl2N2O2. The van der Waals surface area contributed by atoms with Crippen molar-refractivity contribution in [1.82, 2.24) is 0 Å². The minimum absolute atomic E-state index is 0.366. The molecule has 0 aromatic heterocycles. The van der Waals surface area contributed by atoms with Crippen LogP contribution in [0.1, 0.15) is 18.6 Å². The van der Waals surface area contributed by atoms with Gasteiger partial charge < -0.3 is 15.7 Å². The number of halogens is 2. The minimum atomic E-state index is -0.593. The lowest BCUT2D eigenvalue weighted by Crippen LogP contribution is -2.19. The molecule has 6 heteroatoms. The van der Waals surface area contributed by atoms with Crippen LogP contribution in [0, 0.1) is 0 Å². The molecule has 4 nitrogen and oxygen atoms in total. The summed E-state index contributed by atoms with van der Waals surface area (Å²) >= 11 is 11.7. The van der Waals surface area contributed by atoms with Crippen molar-refractivity contribution in [2.45, 2.75) is 13.0 Å². The molecule has 2 rings (SSSR count). The van der Waals surface area contributed by atoms with Crippen molar-refractivity contribution in [3.63, 3.8) is 0 Å². The molecule has 0 aliphatic rings. The Kier molecular flexibility index (Phi) is 5.07. The van der Waals surface area contributed by atoms with Crippen molar-refractivity contribution in [1.29, 1.82) is 0 Å². The van der Waals surface area contributed by atoms with Crippen LogP contribution in [0.4, 0.5) is 16.2 Å². The van der Waals surface area contributed by atoms with Gasteiger partial charge in [-0.15, -0.1) is 0 Å². The van der Waals surface area contributed by atoms with E-state index in [-0.39, 0.29) is 0 Å². The fraction of sp³-hybridized carbons (Fsp3) is 0.133. The van der Waals surface area contributed by atoms with Gasteiger partial charge in [-0.2, -0.15) is 0 Å². The number of nitrogens with one attached hydrogen (secondary N) is 2. The highest BCUT2D eigenvalue weighted by molar-refractivity contribution is 6.42. The zero-order valence-corrected chi connectivity index (χ0v) is 12.7. The molecule has 0 aliphatic heterocycles. The van der Waals surface area contributed by atoms with Crippen LogP contribution in [-0.2, 0) is 0 Å². The third-order valence-corrected chi connectivity index (χ3v) is 3.54. The Morgan fingerprint density at radius 2 is 1.71 bits per heavy atom. The van der Waals surface area contributed by atoms with Gasteiger partial charge in [0.1, 0.15) is 0 Å². The lowest BCUT2D eigenvalue weighted by Gasteiger charge is -2.10. The van der Waals surface area contributed by atoms with Gasteiger partial charge in [0.05, 0.1) is 16.1 Å². The van der Waals surface area contributed by atoms with Crippen molar-refractivity contribution >= 4 is 40.6 Å². The molecule has 2 amide bonds. The summed E-state index contributed by atoms with van der Waals surface area (Å²) in [5.41, 5.74) is 1.85. The molecule has 0 bridgehead atoms. The lowest BCUT2D eigenvalue weighted by molar-refractivity contribution is 0.199. The normalized spacial score (nSPS) is 11.8. The molecule has 0 saturated carbocycles. The average Bonchev–Trinajstić information content (AvgIpc) is 2.43. The number of urea groups is 1. The first-order valence-electron chi connectivity index (χ1n) is 6.27. The first-order chi connectivity index (χ1) is 9.95. The zero-order valence-electron chi connectivity index (χ0n) is 11.2. The summed E-state index contributed by atoms with van der Waals surface area (Å²) in [4.78, 5) is 11.9. The summed E-state index contributed by atoms with van der Waals surface area (Å²) in [6.45, 7) is 1.66. The molecule has 0 radical (unpaired) electrons. The molecule has 0 aliphatic carbocycles. The summed E-state index contributed by atoms with van der Waals surface area (Å²) in [6, 6.07) is 11.4. The van der Waals surface area contributed by atoms with Gasteiger partial charge in [-0.05, 0) is 42.8 Å². The number of aliphatic hydroxyl groups is 1. The van der Waals surface area contributed by atoms with Crippen molar-refractivity contribution in [3.05, 3.63) is 58.1 Å². The van der Waals surface area contributed by atoms with Crippen LogP contribution in [0.5, 0.6) is 0 Å². The number of hydrogen-bond donors (Lipinski definition) is 3. The van der Waals surface area contributed by atoms with Crippen molar-refractivity contribution in [2.75, 3.05) is 10.6 Å². The molecule has 1 atom stereocenters. The Labute approximate surface area is 132 Å². The molecule has 0 spiro atoms. The SMILES string of the molecule is C[C@H](O)c1cccc(NC(=O)Nc2ccc(Cl)c(Cl)c2)c1. The van der Waals surface area contributed by atoms with Gasteiger partial charge in [0, 0.05) is 11.4 Å². The number of rotatable bonds is 3. The summed E-state index contributed by atoms with van der Waals surface area (Å²) in [5.74, 6) is 0. The Bertz CT molecular complexity index is 660. The second-order valence-corrected chi connectivity index (χ2v) is 5.32. The Morgan fingerprint density at radius 1 is 1.05 bits per heavy atom. The summed E-state index contributed by atoms with van der Waals surface area (Å²) in [6.07, 6.45) is -0.593. The van der Waals surface area contributed by atoms with E-state index in [4.69, 9.17) is 23.2 Å². The van der Waals surface area contributed by atoms with Crippen LogP contribution in [0.15, 0.2) is 42.5 Å². The zero-order chi connectivity index (χ0) is 15.4. The molecular weight excluding hydrogens is 311 g/mol. The van der Waals surface area contributed by atoms with Crippen LogP contribution in [0.2, 0.25) is 10.0 Å². The van der Waals surface area contributed by atoms with Gasteiger partial charge in [-0.25, -0.2) is 4.79 Å². The highest BCUT2D eigenvalue weighted by Crippen LogP contribution is 2.25. The highest BCUT2D eigenvalue weighted by atomic mass is 35.5. The van der Waals surface area contributed by atoms with Gasteiger partial charge in [-0.3, -0.25) is 0 Å². The van der Waals surface area contributed by atoms with Gasteiger partial charge in [0.2, 0.25) is 0 Å². The molecule has 0 fully saturated rings. The Morgan fingerprint density at radius 3 is 2.33 bits per heavy atom. The number of carbonyl (C=O) groups is 1. The molecule has 0 saturated heterocycles. The summed E-state index contributed by atoms with van der Waals surface area (Å²) in [5, 5.41) is 15.6. The third kappa shape index (κ3) is 4.36. The number of amides is 2. The van der Waals surface area contributed by atoms with Crippen molar-refractivity contribution in [3.8, 4) is 0 Å². The van der Waals surface area contributed by atoms with E-state index in [0.717, 1.165) is 5.56 Å². The Hall–Kier alpha value is -1.75. The predicted molar refractivity (Wildman–Crippen MR) is 86.2 cm³/mol. The number of hydrogen-bond acceptors (Lipinski definition) is 2. The standard InChI is InChI=1S/C15H14Cl2N2O2/c1-9(20)10-3-2-4-11(7-10)18-15(21)19-12-5-6-13(16)14(17)8-12/h2-9,20H,1H3,(H2,18,19,21)/t9-/m0/s1. The van der Waals surface area contributed by atoms with E-state index in [0.29, 0.717) is 21.4 Å². The number of benzene rings is 2. The fourth-order valence-electron chi connectivity index (χ4n) is 1.74. The van der Waals surface area contributed by atoms with E-state index in [1.54, 1.807) is 49.4 Å². The van der Waals surface area contributed by atoms with E-state index in [1.165, 1.54) is 0 Å². The number of carbonyl (C=O) groups excluding carboxylic acids is 1. The average molecular weight is 325 g/mol. The van der Waals surface area contributed by atoms with Crippen LogP contribution in [0.3, 0.4) is 0 Å². The number of anilines is 2. The van der Waals surface area contributed by atoms with Crippen LogP contribution >= 0.6 is 23.2 Å². The molecule has 2 aromatic carbocycles. The number of aliphatic hydroxyl groups excluding tert-OH is 1. The van der Waals surface area contributed by atoms with Gasteiger partial charge in [-0.1, -0.05) is 35.3 Å². The van der Waals surface area contributed by atoms with Crippen LogP contribution in [0.25, 0.3) is 0 Å². The third-order valence-electron chi connectivity index (χ3n) is 2.80. The van der Waals surface area contributed by atoms with E-state index >= 15 is 0 Å². The second-order valence-electron chi connectivity index (χ2n) is 4.51. The topological polar surface area (TPSA) is 61.4 Å². The quantitative estimate of drug-likeness (QED) is 0.766. The maximum atomic E-state index is 11.9. The summed E-state index contributed by atoms with van der Waals surface area (Å²) in [7, 11) is 0. The highest BCUT2D eigenvalue weighted by Gasteiger charge is 2.06. The van der Waals surface area contributed by atoms with E-state index in [9.17, 15) is 9.90 Å². The van der Waals surface area contributed by atoms with E-state index < -0.39 is 12.1 Å². The second kappa shape index (κ2) is 6.80. The van der Waals surface area contributed by atoms with Gasteiger partial charge in [0.15, 0.2) is 0 Å². The first kappa shape index (κ1) is 15.6. The lowest BCUT2D eigenvalue weighted by atomic mass is 10.1. The molecule has 110 valence electrons. The van der Waals surface area contributed by atoms with Crippen LogP contribution in [-0.4, -0.2) is 11.1 Å². The first-order valence-corrected chi connectivity index (χ1v) is 7.02. The van der Waals surface area contributed by atoms with Gasteiger partial charge >= 0.3 is 6.03 Å². The van der Waals surface area contributed by atoms with Crippen molar-refractivity contribution in [2.24, 2.45) is 0 Å². The summed E-state index contributed by atoms with van der Waals surface area (Å²) < 4.78 is 0. The van der Waals surface area contributed by atoms with E-state index in [2.05, 4.69) is 10.6 Å². The smallest absolute Gasteiger partial charge is 0.323 e. The largest absolute Gasteiger partial charge is 0.389 e.